The van der Waals surface area contributed by atoms with Gasteiger partial charge in [-0.3, -0.25) is 14.5 Å². The van der Waals surface area contributed by atoms with Crippen LogP contribution in [0.1, 0.15) is 35.1 Å². The number of hydrogen-bond acceptors (Lipinski definition) is 6. The number of aromatic amines is 1. The quantitative estimate of drug-likeness (QED) is 0.443. The number of para-hydroxylation sites is 1. The lowest BCUT2D eigenvalue weighted by Gasteiger charge is -2.36. The number of aromatic carboxylic acids is 1. The van der Waals surface area contributed by atoms with Gasteiger partial charge >= 0.3 is 5.97 Å². The largest absolute Gasteiger partial charge is 0.477 e. The van der Waals surface area contributed by atoms with Crippen molar-refractivity contribution in [2.24, 2.45) is 0 Å². The Morgan fingerprint density at radius 2 is 1.83 bits per heavy atom. The van der Waals surface area contributed by atoms with Crippen LogP contribution in [0, 0.1) is 5.82 Å². The van der Waals surface area contributed by atoms with E-state index in [-0.39, 0.29) is 22.6 Å². The third-order valence-corrected chi connectivity index (χ3v) is 7.02. The number of piperazine rings is 1. The number of nitrogens with one attached hydrogen (secondary N) is 1. The number of fused-ring (bicyclic) bond motifs is 2. The fraction of sp³-hybridized carbons (Fsp3) is 0.308. The highest BCUT2D eigenvalue weighted by atomic mass is 19.1. The van der Waals surface area contributed by atoms with Crippen LogP contribution in [-0.2, 0) is 6.54 Å². The first-order chi connectivity index (χ1) is 17.4. The Hall–Kier alpha value is -4.05. The molecule has 4 aromatic rings. The van der Waals surface area contributed by atoms with E-state index >= 15 is 4.39 Å². The van der Waals surface area contributed by atoms with Crippen molar-refractivity contribution < 1.29 is 14.3 Å². The molecule has 6 rings (SSSR count). The number of aromatic nitrogens is 3. The van der Waals surface area contributed by atoms with Crippen molar-refractivity contribution >= 4 is 33.5 Å². The molecule has 0 atom stereocenters. The Labute approximate surface area is 204 Å². The molecule has 10 heteroatoms. The molecule has 9 nitrogen and oxygen atoms in total. The maximum Gasteiger partial charge on any atom is 0.341 e. The topological polar surface area (TPSA) is 112 Å². The summed E-state index contributed by atoms with van der Waals surface area (Å²) in [4.78, 5) is 48.2. The van der Waals surface area contributed by atoms with Gasteiger partial charge < -0.3 is 19.6 Å². The highest BCUT2D eigenvalue weighted by molar-refractivity contribution is 5.93. The summed E-state index contributed by atoms with van der Waals surface area (Å²) in [5.74, 6) is -1.26. The zero-order valence-corrected chi connectivity index (χ0v) is 19.4. The van der Waals surface area contributed by atoms with Crippen LogP contribution in [-0.4, -0.2) is 56.7 Å². The highest BCUT2D eigenvalue weighted by Crippen LogP contribution is 2.38. The first kappa shape index (κ1) is 22.4. The molecular weight excluding hydrogens is 465 g/mol. The van der Waals surface area contributed by atoms with Crippen LogP contribution in [0.2, 0.25) is 0 Å². The van der Waals surface area contributed by atoms with E-state index in [1.54, 1.807) is 22.8 Å². The number of halogens is 1. The van der Waals surface area contributed by atoms with Gasteiger partial charge in [0.25, 0.3) is 5.56 Å². The predicted molar refractivity (Wildman–Crippen MR) is 133 cm³/mol. The lowest BCUT2D eigenvalue weighted by Crippen LogP contribution is -2.46. The van der Waals surface area contributed by atoms with Crippen molar-refractivity contribution in [1.82, 2.24) is 19.4 Å². The highest BCUT2D eigenvalue weighted by Gasteiger charge is 2.28. The summed E-state index contributed by atoms with van der Waals surface area (Å²) in [5, 5.41) is 10.1. The van der Waals surface area contributed by atoms with E-state index in [1.807, 2.05) is 17.0 Å². The molecule has 2 aliphatic rings. The third kappa shape index (κ3) is 3.93. The van der Waals surface area contributed by atoms with Crippen LogP contribution in [0.25, 0.3) is 21.8 Å². The second-order valence-corrected chi connectivity index (χ2v) is 9.43. The second kappa shape index (κ2) is 8.56. The Morgan fingerprint density at radius 3 is 2.56 bits per heavy atom. The van der Waals surface area contributed by atoms with Crippen LogP contribution < -0.4 is 15.9 Å². The van der Waals surface area contributed by atoms with Gasteiger partial charge in [0.15, 0.2) is 0 Å². The molecule has 184 valence electrons. The first-order valence-electron chi connectivity index (χ1n) is 12.0. The number of hydrogen-bond donors (Lipinski definition) is 2. The van der Waals surface area contributed by atoms with Gasteiger partial charge in [0, 0.05) is 43.8 Å². The van der Waals surface area contributed by atoms with E-state index in [0.717, 1.165) is 12.8 Å². The Bertz CT molecular complexity index is 1630. The minimum Gasteiger partial charge on any atom is -0.477 e. The van der Waals surface area contributed by atoms with Gasteiger partial charge in [0.2, 0.25) is 5.43 Å². The van der Waals surface area contributed by atoms with Gasteiger partial charge in [-0.1, -0.05) is 12.1 Å². The molecule has 1 saturated heterocycles. The minimum atomic E-state index is -1.31. The molecule has 0 unspecified atom stereocenters. The number of nitrogens with zero attached hydrogens (tertiary/aromatic N) is 4. The summed E-state index contributed by atoms with van der Waals surface area (Å²) >= 11 is 0. The molecule has 0 radical (unpaired) electrons. The number of carboxylic acid groups (broad SMARTS) is 1. The van der Waals surface area contributed by atoms with Crippen molar-refractivity contribution in [3.8, 4) is 0 Å². The molecule has 2 aromatic carbocycles. The number of H-pyrrole nitrogens is 1. The van der Waals surface area contributed by atoms with Gasteiger partial charge in [0.05, 0.1) is 28.7 Å². The Balaban J connectivity index is 1.25. The maximum absolute atomic E-state index is 15.2. The van der Waals surface area contributed by atoms with E-state index in [9.17, 15) is 19.5 Å². The van der Waals surface area contributed by atoms with Crippen LogP contribution in [0.4, 0.5) is 10.1 Å². The summed E-state index contributed by atoms with van der Waals surface area (Å²) in [7, 11) is 0. The molecule has 1 aliphatic heterocycles. The normalized spacial score (nSPS) is 16.6. The van der Waals surface area contributed by atoms with Crippen molar-refractivity contribution in [2.45, 2.75) is 25.4 Å². The standard InChI is InChI=1S/C26H24FN5O4/c27-19-11-17-21(32(15-5-6-15)13-18(24(17)33)26(35)36)12-22(19)31-9-7-30(8-10-31)14-23-28-20-4-2-1-3-16(20)25(34)29-23/h1-4,11-13,15H,5-10,14H2,(H,35,36)(H,28,29,34). The minimum absolute atomic E-state index is 0.0908. The number of carbonyl (C=O) groups is 1. The number of carboxylic acids is 1. The summed E-state index contributed by atoms with van der Waals surface area (Å²) in [6, 6.07) is 10.2. The molecule has 3 heterocycles. The number of benzene rings is 2. The lowest BCUT2D eigenvalue weighted by molar-refractivity contribution is 0.0695. The van der Waals surface area contributed by atoms with Gasteiger partial charge in [-0.2, -0.15) is 0 Å². The van der Waals surface area contributed by atoms with Gasteiger partial charge in [-0.05, 0) is 37.1 Å². The van der Waals surface area contributed by atoms with E-state index in [0.29, 0.717) is 60.7 Å². The average molecular weight is 490 g/mol. The average Bonchev–Trinajstić information content (AvgIpc) is 3.70. The van der Waals surface area contributed by atoms with Crippen molar-refractivity contribution in [3.05, 3.63) is 80.4 Å². The molecule has 2 N–H and O–H groups in total. The maximum atomic E-state index is 15.2. The Morgan fingerprint density at radius 1 is 1.08 bits per heavy atom. The third-order valence-electron chi connectivity index (χ3n) is 7.02. The van der Waals surface area contributed by atoms with E-state index < -0.39 is 17.2 Å². The second-order valence-electron chi connectivity index (χ2n) is 9.43. The summed E-state index contributed by atoms with van der Waals surface area (Å²) in [6.45, 7) is 2.87. The summed E-state index contributed by atoms with van der Waals surface area (Å²) in [6.07, 6.45) is 3.18. The molecular formula is C26H24FN5O4. The lowest BCUT2D eigenvalue weighted by atomic mass is 10.1. The fourth-order valence-corrected chi connectivity index (χ4v) is 4.98. The summed E-state index contributed by atoms with van der Waals surface area (Å²) < 4.78 is 17.0. The van der Waals surface area contributed by atoms with Crippen molar-refractivity contribution in [2.75, 3.05) is 31.1 Å². The number of rotatable bonds is 5. The first-order valence-corrected chi connectivity index (χ1v) is 12.0. The van der Waals surface area contributed by atoms with Crippen LogP contribution >= 0.6 is 0 Å². The SMILES string of the molecule is O=C(O)c1cn(C2CC2)c2cc(N3CCN(Cc4nc5ccccc5c(=O)[nH]4)CC3)c(F)cc2c1=O. The number of pyridine rings is 1. The van der Waals surface area contributed by atoms with E-state index in [2.05, 4.69) is 14.9 Å². The van der Waals surface area contributed by atoms with Crippen LogP contribution in [0.3, 0.4) is 0 Å². The molecule has 0 spiro atoms. The van der Waals surface area contributed by atoms with Gasteiger partial charge in [-0.25, -0.2) is 14.2 Å². The van der Waals surface area contributed by atoms with E-state index in [4.69, 9.17) is 0 Å². The van der Waals surface area contributed by atoms with Gasteiger partial charge in [0.1, 0.15) is 17.2 Å². The summed E-state index contributed by atoms with van der Waals surface area (Å²) in [5.41, 5.74) is 0.443. The van der Waals surface area contributed by atoms with Crippen LogP contribution in [0.5, 0.6) is 0 Å². The molecule has 0 bridgehead atoms. The van der Waals surface area contributed by atoms with E-state index in [1.165, 1.54) is 12.3 Å². The molecule has 36 heavy (non-hydrogen) atoms. The van der Waals surface area contributed by atoms with Gasteiger partial charge in [-0.15, -0.1) is 0 Å². The molecule has 2 fully saturated rings. The number of anilines is 1. The molecule has 1 aliphatic carbocycles. The zero-order chi connectivity index (χ0) is 25.0. The van der Waals surface area contributed by atoms with Crippen LogP contribution in [0.15, 0.2) is 52.2 Å². The Kier molecular flexibility index (Phi) is 5.33. The van der Waals surface area contributed by atoms with Crippen molar-refractivity contribution in [1.29, 1.82) is 0 Å². The molecule has 0 amide bonds. The molecule has 2 aromatic heterocycles. The predicted octanol–water partition coefficient (Wildman–Crippen LogP) is 2.73. The zero-order valence-electron chi connectivity index (χ0n) is 19.4. The molecule has 1 saturated carbocycles. The smallest absolute Gasteiger partial charge is 0.341 e. The monoisotopic (exact) mass is 489 g/mol. The fourth-order valence-electron chi connectivity index (χ4n) is 4.98. The van der Waals surface area contributed by atoms with Crippen molar-refractivity contribution in [3.63, 3.8) is 0 Å².